The number of aryl methyl sites for hydroxylation is 1. The average molecular weight is 338 g/mol. The zero-order valence-corrected chi connectivity index (χ0v) is 14.9. The van der Waals surface area contributed by atoms with Crippen molar-refractivity contribution < 1.29 is 13.2 Å². The highest BCUT2D eigenvalue weighted by Crippen LogP contribution is 2.21. The molecule has 5 nitrogen and oxygen atoms in total. The van der Waals surface area contributed by atoms with E-state index in [1.54, 1.807) is 6.92 Å². The second-order valence-electron chi connectivity index (χ2n) is 6.24. The van der Waals surface area contributed by atoms with Crippen LogP contribution in [0.2, 0.25) is 0 Å². The lowest BCUT2D eigenvalue weighted by Crippen LogP contribution is -2.46. The molecule has 0 spiro atoms. The predicted octanol–water partition coefficient (Wildman–Crippen LogP) is 2.23. The number of hydrogen-bond donors (Lipinski definition) is 1. The van der Waals surface area contributed by atoms with Crippen molar-refractivity contribution in [2.75, 3.05) is 18.8 Å². The molecule has 23 heavy (non-hydrogen) atoms. The fourth-order valence-corrected chi connectivity index (χ4v) is 4.04. The van der Waals surface area contributed by atoms with Gasteiger partial charge >= 0.3 is 0 Å². The molecule has 1 aliphatic rings. The lowest BCUT2D eigenvalue weighted by molar-refractivity contribution is -0.126. The van der Waals surface area contributed by atoms with Crippen LogP contribution in [-0.2, 0) is 14.8 Å². The Morgan fingerprint density at radius 2 is 2.00 bits per heavy atom. The van der Waals surface area contributed by atoms with Gasteiger partial charge in [-0.05, 0) is 39.2 Å². The van der Waals surface area contributed by atoms with Gasteiger partial charge in [0.15, 0.2) is 0 Å². The van der Waals surface area contributed by atoms with E-state index in [4.69, 9.17) is 0 Å². The van der Waals surface area contributed by atoms with Crippen molar-refractivity contribution >= 4 is 15.9 Å². The summed E-state index contributed by atoms with van der Waals surface area (Å²) in [5.41, 5.74) is 2.23. The van der Waals surface area contributed by atoms with Gasteiger partial charge in [0.2, 0.25) is 15.9 Å². The molecule has 6 heteroatoms. The molecule has 128 valence electrons. The third kappa shape index (κ3) is 4.54. The minimum Gasteiger partial charge on any atom is -0.349 e. The summed E-state index contributed by atoms with van der Waals surface area (Å²) in [5.74, 6) is -0.242. The third-order valence-electron chi connectivity index (χ3n) is 4.45. The van der Waals surface area contributed by atoms with Crippen LogP contribution in [0.1, 0.15) is 43.9 Å². The van der Waals surface area contributed by atoms with Crippen LogP contribution in [-0.4, -0.2) is 37.5 Å². The van der Waals surface area contributed by atoms with Crippen molar-refractivity contribution in [2.45, 2.75) is 39.7 Å². The highest BCUT2D eigenvalue weighted by atomic mass is 32.2. The molecule has 1 aromatic rings. The quantitative estimate of drug-likeness (QED) is 0.895. The summed E-state index contributed by atoms with van der Waals surface area (Å²) in [6.45, 7) is 6.43. The largest absolute Gasteiger partial charge is 0.349 e. The summed E-state index contributed by atoms with van der Waals surface area (Å²) in [5, 5.41) is 3.01. The minimum absolute atomic E-state index is 0.0610. The van der Waals surface area contributed by atoms with E-state index in [1.165, 1.54) is 9.87 Å². The Bertz CT molecular complexity index is 640. The summed E-state index contributed by atoms with van der Waals surface area (Å²) in [7, 11) is -3.22. The molecule has 2 atom stereocenters. The monoisotopic (exact) mass is 338 g/mol. The van der Waals surface area contributed by atoms with Crippen LogP contribution in [0.25, 0.3) is 0 Å². The predicted molar refractivity (Wildman–Crippen MR) is 91.5 cm³/mol. The van der Waals surface area contributed by atoms with Gasteiger partial charge in [0.25, 0.3) is 0 Å². The third-order valence-corrected chi connectivity index (χ3v) is 6.30. The van der Waals surface area contributed by atoms with Crippen molar-refractivity contribution in [1.82, 2.24) is 9.62 Å². The van der Waals surface area contributed by atoms with Crippen LogP contribution in [0.4, 0.5) is 0 Å². The van der Waals surface area contributed by atoms with Crippen molar-refractivity contribution in [1.29, 1.82) is 0 Å². The van der Waals surface area contributed by atoms with Gasteiger partial charge < -0.3 is 5.32 Å². The molecular weight excluding hydrogens is 312 g/mol. The van der Waals surface area contributed by atoms with E-state index in [0.717, 1.165) is 18.4 Å². The zero-order valence-electron chi connectivity index (χ0n) is 14.1. The number of hydrogen-bond acceptors (Lipinski definition) is 3. The first-order chi connectivity index (χ1) is 10.8. The molecule has 0 bridgehead atoms. The van der Waals surface area contributed by atoms with Gasteiger partial charge in [-0.2, -0.15) is 0 Å². The Labute approximate surface area is 139 Å². The first-order valence-electron chi connectivity index (χ1n) is 8.18. The maximum absolute atomic E-state index is 12.5. The molecule has 1 aromatic carbocycles. The van der Waals surface area contributed by atoms with E-state index in [0.29, 0.717) is 13.1 Å². The second kappa shape index (κ2) is 7.45. The Morgan fingerprint density at radius 3 is 2.61 bits per heavy atom. The molecule has 2 rings (SSSR count). The van der Waals surface area contributed by atoms with Crippen LogP contribution < -0.4 is 5.32 Å². The standard InChI is InChI=1S/C17H26N2O3S/c1-4-23(21,22)19-11-5-6-16(12-19)17(20)18-14(3)15-9-7-13(2)8-10-15/h7-10,14,16H,4-6,11-12H2,1-3H3,(H,18,20)/t14-,16-/m0/s1. The maximum atomic E-state index is 12.5. The SMILES string of the molecule is CCS(=O)(=O)N1CCC[C@H](C(=O)N[C@@H](C)c2ccc(C)cc2)C1. The minimum atomic E-state index is -3.22. The van der Waals surface area contributed by atoms with E-state index >= 15 is 0 Å². The number of rotatable bonds is 5. The van der Waals surface area contributed by atoms with Gasteiger partial charge in [0.05, 0.1) is 17.7 Å². The molecule has 1 aliphatic heterocycles. The highest BCUT2D eigenvalue weighted by Gasteiger charge is 2.31. The molecule has 0 unspecified atom stereocenters. The first kappa shape index (κ1) is 17.9. The molecule has 1 fully saturated rings. The number of carbonyl (C=O) groups excluding carboxylic acids is 1. The molecule has 0 aromatic heterocycles. The summed E-state index contributed by atoms with van der Waals surface area (Å²) in [6.07, 6.45) is 1.47. The van der Waals surface area contributed by atoms with Crippen LogP contribution >= 0.6 is 0 Å². The van der Waals surface area contributed by atoms with Gasteiger partial charge in [-0.3, -0.25) is 4.79 Å². The first-order valence-corrected chi connectivity index (χ1v) is 9.79. The van der Waals surface area contributed by atoms with Crippen molar-refractivity contribution in [3.63, 3.8) is 0 Å². The maximum Gasteiger partial charge on any atom is 0.224 e. The van der Waals surface area contributed by atoms with Crippen LogP contribution in [0.5, 0.6) is 0 Å². The van der Waals surface area contributed by atoms with E-state index < -0.39 is 10.0 Å². The molecular formula is C17H26N2O3S. The average Bonchev–Trinajstić information content (AvgIpc) is 2.55. The van der Waals surface area contributed by atoms with E-state index in [9.17, 15) is 13.2 Å². The molecule has 0 radical (unpaired) electrons. The molecule has 1 saturated heterocycles. The van der Waals surface area contributed by atoms with E-state index in [-0.39, 0.29) is 23.6 Å². The number of nitrogens with zero attached hydrogens (tertiary/aromatic N) is 1. The number of benzene rings is 1. The van der Waals surface area contributed by atoms with Crippen LogP contribution in [0, 0.1) is 12.8 Å². The molecule has 1 amide bonds. The fraction of sp³-hybridized carbons (Fsp3) is 0.588. The zero-order chi connectivity index (χ0) is 17.0. The van der Waals surface area contributed by atoms with Crippen molar-refractivity contribution in [2.24, 2.45) is 5.92 Å². The molecule has 0 aliphatic carbocycles. The topological polar surface area (TPSA) is 66.5 Å². The summed E-state index contributed by atoms with van der Waals surface area (Å²) >= 11 is 0. The Morgan fingerprint density at radius 1 is 1.35 bits per heavy atom. The Hall–Kier alpha value is -1.40. The van der Waals surface area contributed by atoms with Gasteiger partial charge in [0, 0.05) is 13.1 Å². The van der Waals surface area contributed by atoms with Crippen LogP contribution in [0.15, 0.2) is 24.3 Å². The fourth-order valence-electron chi connectivity index (χ4n) is 2.86. The van der Waals surface area contributed by atoms with Gasteiger partial charge in [-0.15, -0.1) is 0 Å². The summed E-state index contributed by atoms with van der Waals surface area (Å²) in [4.78, 5) is 12.5. The van der Waals surface area contributed by atoms with Crippen LogP contribution in [0.3, 0.4) is 0 Å². The lowest BCUT2D eigenvalue weighted by Gasteiger charge is -2.31. The van der Waals surface area contributed by atoms with Crippen molar-refractivity contribution in [3.8, 4) is 0 Å². The summed E-state index contributed by atoms with van der Waals surface area (Å²) < 4.78 is 25.4. The number of sulfonamides is 1. The van der Waals surface area contributed by atoms with Gasteiger partial charge in [0.1, 0.15) is 0 Å². The lowest BCUT2D eigenvalue weighted by atomic mass is 9.97. The molecule has 1 heterocycles. The van der Waals surface area contributed by atoms with E-state index in [1.807, 2.05) is 38.1 Å². The Kier molecular flexibility index (Phi) is 5.81. The smallest absolute Gasteiger partial charge is 0.224 e. The normalized spacial score (nSPS) is 20.9. The number of piperidine rings is 1. The van der Waals surface area contributed by atoms with Crippen molar-refractivity contribution in [3.05, 3.63) is 35.4 Å². The molecule has 0 saturated carbocycles. The number of nitrogens with one attached hydrogen (secondary N) is 1. The van der Waals surface area contributed by atoms with Gasteiger partial charge in [-0.1, -0.05) is 29.8 Å². The Balaban J connectivity index is 1.98. The number of carbonyl (C=O) groups is 1. The second-order valence-corrected chi connectivity index (χ2v) is 8.50. The number of amides is 1. The molecule has 1 N–H and O–H groups in total. The highest BCUT2D eigenvalue weighted by molar-refractivity contribution is 7.89. The van der Waals surface area contributed by atoms with E-state index in [2.05, 4.69) is 5.32 Å². The summed E-state index contributed by atoms with van der Waals surface area (Å²) in [6, 6.07) is 7.98. The van der Waals surface area contributed by atoms with Gasteiger partial charge in [-0.25, -0.2) is 12.7 Å².